The van der Waals surface area contributed by atoms with Crippen LogP contribution in [0.3, 0.4) is 0 Å². The summed E-state index contributed by atoms with van der Waals surface area (Å²) >= 11 is 0. The van der Waals surface area contributed by atoms with E-state index in [2.05, 4.69) is 20.4 Å². The van der Waals surface area contributed by atoms with Crippen LogP contribution >= 0.6 is 0 Å². The lowest BCUT2D eigenvalue weighted by atomic mass is 10.3. The first-order valence-corrected chi connectivity index (χ1v) is 6.36. The summed E-state index contributed by atoms with van der Waals surface area (Å²) in [5, 5.41) is 3.90. The minimum atomic E-state index is -0.0772. The van der Waals surface area contributed by atoms with Crippen LogP contribution in [0.2, 0.25) is 0 Å². The van der Waals surface area contributed by atoms with E-state index in [0.717, 1.165) is 38.4 Å². The maximum atomic E-state index is 11.6. The lowest BCUT2D eigenvalue weighted by Crippen LogP contribution is -2.38. The van der Waals surface area contributed by atoms with Crippen LogP contribution in [0.5, 0.6) is 0 Å². The summed E-state index contributed by atoms with van der Waals surface area (Å²) < 4.78 is 5.25. The van der Waals surface area contributed by atoms with E-state index < -0.39 is 0 Å². The maximum absolute atomic E-state index is 11.6. The second-order valence-corrected chi connectivity index (χ2v) is 4.28. The molecule has 0 unspecified atom stereocenters. The Balaban J connectivity index is 1.65. The van der Waals surface area contributed by atoms with E-state index in [4.69, 9.17) is 4.74 Å². The maximum Gasteiger partial charge on any atom is 0.241 e. The van der Waals surface area contributed by atoms with Gasteiger partial charge in [0.05, 0.1) is 19.4 Å². The Morgan fingerprint density at radius 1 is 1.53 bits per heavy atom. The predicted molar refractivity (Wildman–Crippen MR) is 71.8 cm³/mol. The van der Waals surface area contributed by atoms with Crippen LogP contribution in [0.15, 0.2) is 29.6 Å². The highest BCUT2D eigenvalue weighted by atomic mass is 16.5. The molecule has 6 nitrogen and oxygen atoms in total. The fourth-order valence-corrected chi connectivity index (χ4v) is 1.77. The molecule has 102 valence electrons. The second-order valence-electron chi connectivity index (χ2n) is 4.28. The molecule has 1 saturated heterocycles. The fraction of sp³-hybridized carbons (Fsp3) is 0.462. The van der Waals surface area contributed by atoms with Gasteiger partial charge in [-0.05, 0) is 6.07 Å². The van der Waals surface area contributed by atoms with Crippen molar-refractivity contribution in [3.8, 4) is 0 Å². The van der Waals surface area contributed by atoms with Gasteiger partial charge in [-0.15, -0.1) is 0 Å². The Labute approximate surface area is 112 Å². The molecular formula is C13H18N4O2. The molecule has 0 aromatic carbocycles. The molecule has 0 spiro atoms. The molecule has 6 heteroatoms. The third kappa shape index (κ3) is 5.15. The lowest BCUT2D eigenvalue weighted by molar-refractivity contribution is -0.121. The van der Waals surface area contributed by atoms with Crippen LogP contribution in [0.4, 0.5) is 0 Å². The van der Waals surface area contributed by atoms with Crippen LogP contribution in [-0.4, -0.2) is 54.9 Å². The largest absolute Gasteiger partial charge is 0.379 e. The van der Waals surface area contributed by atoms with Gasteiger partial charge in [0.25, 0.3) is 0 Å². The average Bonchev–Trinajstić information content (AvgIpc) is 2.47. The standard InChI is InChI=1S/C13H18N4O2/c18-13(3-5-17-6-8-19-9-7-17)16-15-11-12-2-1-4-14-10-12/h1-2,4,10-11H,3,5-9H2,(H,16,18)/b15-11-. The first kappa shape index (κ1) is 13.6. The first-order chi connectivity index (χ1) is 9.34. The SMILES string of the molecule is O=C(CCN1CCOCC1)N/N=C\c1cccnc1. The van der Waals surface area contributed by atoms with Gasteiger partial charge < -0.3 is 4.74 Å². The molecule has 2 rings (SSSR count). The van der Waals surface area contributed by atoms with E-state index in [0.29, 0.717) is 6.42 Å². The zero-order chi connectivity index (χ0) is 13.3. The van der Waals surface area contributed by atoms with Gasteiger partial charge in [-0.3, -0.25) is 14.7 Å². The molecule has 1 fully saturated rings. The lowest BCUT2D eigenvalue weighted by Gasteiger charge is -2.25. The van der Waals surface area contributed by atoms with Crippen molar-refractivity contribution in [1.82, 2.24) is 15.3 Å². The van der Waals surface area contributed by atoms with Crippen molar-refractivity contribution < 1.29 is 9.53 Å². The molecule has 0 bridgehead atoms. The second kappa shape index (κ2) is 7.60. The molecule has 1 aromatic rings. The molecule has 0 aliphatic carbocycles. The van der Waals surface area contributed by atoms with Crippen molar-refractivity contribution in [1.29, 1.82) is 0 Å². The molecule has 0 saturated carbocycles. The van der Waals surface area contributed by atoms with Gasteiger partial charge in [0.2, 0.25) is 5.91 Å². The fourth-order valence-electron chi connectivity index (χ4n) is 1.77. The number of nitrogens with zero attached hydrogens (tertiary/aromatic N) is 3. The van der Waals surface area contributed by atoms with Gasteiger partial charge >= 0.3 is 0 Å². The van der Waals surface area contributed by atoms with Crippen molar-refractivity contribution >= 4 is 12.1 Å². The summed E-state index contributed by atoms with van der Waals surface area (Å²) in [6, 6.07) is 3.69. The first-order valence-electron chi connectivity index (χ1n) is 6.36. The molecule has 19 heavy (non-hydrogen) atoms. The molecule has 1 aromatic heterocycles. The number of ether oxygens (including phenoxy) is 1. The van der Waals surface area contributed by atoms with Crippen LogP contribution in [0, 0.1) is 0 Å². The number of hydrogen-bond donors (Lipinski definition) is 1. The van der Waals surface area contributed by atoms with Crippen molar-refractivity contribution in [2.24, 2.45) is 5.10 Å². The zero-order valence-corrected chi connectivity index (χ0v) is 10.8. The van der Waals surface area contributed by atoms with E-state index in [9.17, 15) is 4.79 Å². The van der Waals surface area contributed by atoms with Crippen LogP contribution in [0.1, 0.15) is 12.0 Å². The van der Waals surface area contributed by atoms with Crippen LogP contribution < -0.4 is 5.43 Å². The molecule has 0 radical (unpaired) electrons. The zero-order valence-electron chi connectivity index (χ0n) is 10.8. The molecule has 1 aliphatic rings. The number of carbonyl (C=O) groups is 1. The van der Waals surface area contributed by atoms with Crippen LogP contribution in [-0.2, 0) is 9.53 Å². The topological polar surface area (TPSA) is 66.8 Å². The van der Waals surface area contributed by atoms with Gasteiger partial charge in [0.15, 0.2) is 0 Å². The van der Waals surface area contributed by atoms with Gasteiger partial charge in [0, 0.05) is 44.0 Å². The van der Waals surface area contributed by atoms with E-state index in [-0.39, 0.29) is 5.91 Å². The molecular weight excluding hydrogens is 244 g/mol. The van der Waals surface area contributed by atoms with Gasteiger partial charge in [-0.1, -0.05) is 6.07 Å². The number of amides is 1. The Kier molecular flexibility index (Phi) is 5.46. The highest BCUT2D eigenvalue weighted by Crippen LogP contribution is 1.97. The summed E-state index contributed by atoms with van der Waals surface area (Å²) in [6.45, 7) is 4.04. The number of aromatic nitrogens is 1. The Bertz CT molecular complexity index is 416. The Morgan fingerprint density at radius 2 is 2.37 bits per heavy atom. The number of nitrogens with one attached hydrogen (secondary N) is 1. The van der Waals surface area contributed by atoms with Gasteiger partial charge in [0.1, 0.15) is 0 Å². The highest BCUT2D eigenvalue weighted by molar-refractivity contribution is 5.81. The molecule has 2 heterocycles. The van der Waals surface area contributed by atoms with E-state index in [1.807, 2.05) is 12.1 Å². The van der Waals surface area contributed by atoms with Crippen molar-refractivity contribution in [3.63, 3.8) is 0 Å². The molecule has 1 aliphatic heterocycles. The molecule has 1 N–H and O–H groups in total. The Hall–Kier alpha value is -1.79. The van der Waals surface area contributed by atoms with Crippen molar-refractivity contribution in [2.45, 2.75) is 6.42 Å². The summed E-state index contributed by atoms with van der Waals surface area (Å²) in [5.74, 6) is -0.0772. The third-order valence-corrected chi connectivity index (χ3v) is 2.85. The quantitative estimate of drug-likeness (QED) is 0.610. The molecule has 0 atom stereocenters. The normalized spacial score (nSPS) is 16.6. The summed E-state index contributed by atoms with van der Waals surface area (Å²) in [4.78, 5) is 17.8. The summed E-state index contributed by atoms with van der Waals surface area (Å²) in [5.41, 5.74) is 3.37. The number of hydrogen-bond acceptors (Lipinski definition) is 5. The van der Waals surface area contributed by atoms with E-state index >= 15 is 0 Å². The predicted octanol–water partition coefficient (Wildman–Crippen LogP) is 0.254. The highest BCUT2D eigenvalue weighted by Gasteiger charge is 2.11. The molecule has 1 amide bonds. The van der Waals surface area contributed by atoms with Crippen molar-refractivity contribution in [2.75, 3.05) is 32.8 Å². The van der Waals surface area contributed by atoms with Gasteiger partial charge in [-0.2, -0.15) is 5.10 Å². The van der Waals surface area contributed by atoms with Crippen LogP contribution in [0.25, 0.3) is 0 Å². The average molecular weight is 262 g/mol. The number of pyridine rings is 1. The minimum absolute atomic E-state index is 0.0772. The number of rotatable bonds is 5. The Morgan fingerprint density at radius 3 is 3.11 bits per heavy atom. The smallest absolute Gasteiger partial charge is 0.241 e. The van der Waals surface area contributed by atoms with Gasteiger partial charge in [-0.25, -0.2) is 5.43 Å². The van der Waals surface area contributed by atoms with E-state index in [1.165, 1.54) is 0 Å². The summed E-state index contributed by atoms with van der Waals surface area (Å²) in [7, 11) is 0. The number of hydrazone groups is 1. The number of morpholine rings is 1. The summed E-state index contributed by atoms with van der Waals surface area (Å²) in [6.07, 6.45) is 5.41. The van der Waals surface area contributed by atoms with E-state index in [1.54, 1.807) is 18.6 Å². The minimum Gasteiger partial charge on any atom is -0.379 e. The number of carbonyl (C=O) groups excluding carboxylic acids is 1. The third-order valence-electron chi connectivity index (χ3n) is 2.85. The monoisotopic (exact) mass is 262 g/mol. The van der Waals surface area contributed by atoms with Crippen molar-refractivity contribution in [3.05, 3.63) is 30.1 Å².